The van der Waals surface area contributed by atoms with Crippen LogP contribution in [0.5, 0.6) is 5.75 Å². The molecule has 2 amide bonds. The molecule has 2 atom stereocenters. The third-order valence-corrected chi connectivity index (χ3v) is 5.01. The summed E-state index contributed by atoms with van der Waals surface area (Å²) in [5, 5.41) is 12.4. The molecule has 1 heterocycles. The first-order chi connectivity index (χ1) is 12.0. The number of amides is 2. The molecule has 1 fully saturated rings. The van der Waals surface area contributed by atoms with Gasteiger partial charge in [0.05, 0.1) is 12.6 Å². The van der Waals surface area contributed by atoms with Crippen molar-refractivity contribution in [2.45, 2.75) is 45.1 Å². The number of nitrogens with zero attached hydrogens (tertiary/aromatic N) is 1. The van der Waals surface area contributed by atoms with Gasteiger partial charge in [0.1, 0.15) is 11.7 Å². The molecule has 1 aliphatic carbocycles. The van der Waals surface area contributed by atoms with Crippen LogP contribution in [-0.4, -0.2) is 29.4 Å². The summed E-state index contributed by atoms with van der Waals surface area (Å²) in [6, 6.07) is 5.47. The summed E-state index contributed by atoms with van der Waals surface area (Å²) >= 11 is 0. The molecule has 1 aliphatic heterocycles. The molecule has 2 aliphatic rings. The molecule has 25 heavy (non-hydrogen) atoms. The van der Waals surface area contributed by atoms with Crippen molar-refractivity contribution in [1.82, 2.24) is 5.32 Å². The van der Waals surface area contributed by atoms with Gasteiger partial charge < -0.3 is 15.2 Å². The molecule has 0 aromatic heterocycles. The zero-order valence-corrected chi connectivity index (χ0v) is 14.4. The van der Waals surface area contributed by atoms with Crippen LogP contribution >= 0.6 is 0 Å². The second-order valence-electron chi connectivity index (χ2n) is 6.89. The summed E-state index contributed by atoms with van der Waals surface area (Å²) < 4.78 is 5.58. The Labute approximate surface area is 147 Å². The molecule has 2 unspecified atom stereocenters. The van der Waals surface area contributed by atoms with Crippen LogP contribution in [0.15, 0.2) is 29.3 Å². The van der Waals surface area contributed by atoms with Gasteiger partial charge in [0.25, 0.3) is 0 Å². The average molecular weight is 344 g/mol. The van der Waals surface area contributed by atoms with Gasteiger partial charge in [0.2, 0.25) is 0 Å². The van der Waals surface area contributed by atoms with E-state index < -0.39 is 18.0 Å². The third-order valence-electron chi connectivity index (χ3n) is 5.01. The number of ether oxygens (including phenoxy) is 1. The first-order valence-electron chi connectivity index (χ1n) is 8.86. The highest BCUT2D eigenvalue weighted by Crippen LogP contribution is 2.30. The fourth-order valence-electron chi connectivity index (χ4n) is 3.66. The molecule has 0 radical (unpaired) electrons. The monoisotopic (exact) mass is 344 g/mol. The van der Waals surface area contributed by atoms with Gasteiger partial charge >= 0.3 is 12.0 Å². The molecule has 134 valence electrons. The molecule has 0 bridgehead atoms. The Balaban J connectivity index is 1.75. The predicted octanol–water partition coefficient (Wildman–Crippen LogP) is 3.36. The Kier molecular flexibility index (Phi) is 5.36. The van der Waals surface area contributed by atoms with Crippen molar-refractivity contribution in [3.63, 3.8) is 0 Å². The Bertz CT molecular complexity index is 680. The maximum atomic E-state index is 12.7. The number of hydrogen-bond donors (Lipinski definition) is 2. The third kappa shape index (κ3) is 4.18. The molecular weight excluding hydrogens is 320 g/mol. The van der Waals surface area contributed by atoms with Crippen LogP contribution in [0.2, 0.25) is 0 Å². The van der Waals surface area contributed by atoms with E-state index in [0.717, 1.165) is 12.8 Å². The number of phenols is 1. The lowest BCUT2D eigenvalue weighted by Crippen LogP contribution is -2.44. The van der Waals surface area contributed by atoms with Crippen LogP contribution in [0.4, 0.5) is 4.79 Å². The number of phenolic OH excluding ortho intramolecular Hbond substituents is 1. The van der Waals surface area contributed by atoms with Gasteiger partial charge in [0, 0.05) is 5.71 Å². The Morgan fingerprint density at radius 3 is 2.80 bits per heavy atom. The Morgan fingerprint density at radius 1 is 1.32 bits per heavy atom. The van der Waals surface area contributed by atoms with Gasteiger partial charge in [-0.05, 0) is 43.4 Å². The van der Waals surface area contributed by atoms with E-state index in [0.29, 0.717) is 23.8 Å². The maximum Gasteiger partial charge on any atom is 0.341 e. The molecule has 0 spiro atoms. The number of rotatable bonds is 4. The summed E-state index contributed by atoms with van der Waals surface area (Å²) in [6.07, 6.45) is 5.82. The van der Waals surface area contributed by atoms with Gasteiger partial charge in [-0.15, -0.1) is 0 Å². The van der Waals surface area contributed by atoms with Crippen LogP contribution in [0.3, 0.4) is 0 Å². The average Bonchev–Trinajstić information content (AvgIpc) is 2.60. The van der Waals surface area contributed by atoms with E-state index in [1.807, 2.05) is 0 Å². The zero-order chi connectivity index (χ0) is 17.8. The van der Waals surface area contributed by atoms with Crippen LogP contribution in [-0.2, 0) is 9.53 Å². The van der Waals surface area contributed by atoms with E-state index >= 15 is 0 Å². The number of hydrogen-bond acceptors (Lipinski definition) is 4. The highest BCUT2D eigenvalue weighted by molar-refractivity contribution is 6.08. The second kappa shape index (κ2) is 7.68. The van der Waals surface area contributed by atoms with E-state index in [1.54, 1.807) is 31.2 Å². The molecule has 6 heteroatoms. The van der Waals surface area contributed by atoms with Crippen LogP contribution in [0, 0.1) is 11.8 Å². The highest BCUT2D eigenvalue weighted by atomic mass is 16.5. The minimum atomic E-state index is -0.678. The summed E-state index contributed by atoms with van der Waals surface area (Å²) in [5.74, 6) is -0.545. The SMILES string of the molecule is CC1=NC(=O)NC(c2cccc(O)c2)C1C(=O)OCC1CCCCC1. The van der Waals surface area contributed by atoms with Gasteiger partial charge in [-0.2, -0.15) is 0 Å². The number of carbonyl (C=O) groups excluding carboxylic acids is 2. The first kappa shape index (κ1) is 17.5. The van der Waals surface area contributed by atoms with Gasteiger partial charge in [-0.1, -0.05) is 31.4 Å². The zero-order valence-electron chi connectivity index (χ0n) is 14.4. The van der Waals surface area contributed by atoms with Crippen LogP contribution < -0.4 is 5.32 Å². The van der Waals surface area contributed by atoms with Gasteiger partial charge in [-0.3, -0.25) is 4.79 Å². The van der Waals surface area contributed by atoms with Crippen molar-refractivity contribution in [3.05, 3.63) is 29.8 Å². The Hall–Kier alpha value is -2.37. The van der Waals surface area contributed by atoms with E-state index in [4.69, 9.17) is 4.74 Å². The van der Waals surface area contributed by atoms with Crippen molar-refractivity contribution in [1.29, 1.82) is 0 Å². The van der Waals surface area contributed by atoms with E-state index in [2.05, 4.69) is 10.3 Å². The molecule has 1 aromatic rings. The van der Waals surface area contributed by atoms with Crippen molar-refractivity contribution in [3.8, 4) is 5.75 Å². The summed E-state index contributed by atoms with van der Waals surface area (Å²) in [4.78, 5) is 28.4. The number of urea groups is 1. The number of benzene rings is 1. The minimum Gasteiger partial charge on any atom is -0.508 e. The number of nitrogens with one attached hydrogen (secondary N) is 1. The molecule has 6 nitrogen and oxygen atoms in total. The lowest BCUT2D eigenvalue weighted by atomic mass is 9.87. The largest absolute Gasteiger partial charge is 0.508 e. The minimum absolute atomic E-state index is 0.0845. The predicted molar refractivity (Wildman–Crippen MR) is 93.5 cm³/mol. The maximum absolute atomic E-state index is 12.7. The van der Waals surface area contributed by atoms with Crippen molar-refractivity contribution < 1.29 is 19.4 Å². The molecule has 0 saturated heterocycles. The van der Waals surface area contributed by atoms with E-state index in [9.17, 15) is 14.7 Å². The van der Waals surface area contributed by atoms with Crippen molar-refractivity contribution >= 4 is 17.7 Å². The molecule has 3 rings (SSSR count). The molecule has 1 aromatic carbocycles. The summed E-state index contributed by atoms with van der Waals surface area (Å²) in [6.45, 7) is 2.09. The lowest BCUT2D eigenvalue weighted by molar-refractivity contribution is -0.148. The van der Waals surface area contributed by atoms with Crippen molar-refractivity contribution in [2.24, 2.45) is 16.8 Å². The highest BCUT2D eigenvalue weighted by Gasteiger charge is 2.38. The molecular formula is C19H24N2O4. The van der Waals surface area contributed by atoms with Gasteiger partial charge in [-0.25, -0.2) is 9.79 Å². The number of esters is 1. The van der Waals surface area contributed by atoms with Crippen LogP contribution in [0.1, 0.15) is 50.6 Å². The fraction of sp³-hybridized carbons (Fsp3) is 0.526. The topological polar surface area (TPSA) is 88.0 Å². The summed E-state index contributed by atoms with van der Waals surface area (Å²) in [5.41, 5.74) is 1.09. The number of aromatic hydroxyl groups is 1. The van der Waals surface area contributed by atoms with E-state index in [1.165, 1.54) is 19.3 Å². The normalized spacial score (nSPS) is 24.4. The lowest BCUT2D eigenvalue weighted by Gasteiger charge is -2.30. The smallest absolute Gasteiger partial charge is 0.341 e. The van der Waals surface area contributed by atoms with Crippen LogP contribution in [0.25, 0.3) is 0 Å². The molecule has 1 saturated carbocycles. The first-order valence-corrected chi connectivity index (χ1v) is 8.86. The van der Waals surface area contributed by atoms with E-state index in [-0.39, 0.29) is 11.7 Å². The number of carbonyl (C=O) groups is 2. The molecule has 2 N–H and O–H groups in total. The number of aliphatic imine (C=N–C) groups is 1. The standard InChI is InChI=1S/C19H24N2O4/c1-12-16(18(23)25-11-13-6-3-2-4-7-13)17(21-19(24)20-12)14-8-5-9-15(22)10-14/h5,8-10,13,16-17,22H,2-4,6-7,11H2,1H3,(H,21,24). The van der Waals surface area contributed by atoms with Crippen molar-refractivity contribution in [2.75, 3.05) is 6.61 Å². The fourth-order valence-corrected chi connectivity index (χ4v) is 3.66. The second-order valence-corrected chi connectivity index (χ2v) is 6.89. The Morgan fingerprint density at radius 2 is 2.08 bits per heavy atom. The quantitative estimate of drug-likeness (QED) is 0.820. The van der Waals surface area contributed by atoms with Gasteiger partial charge in [0.15, 0.2) is 0 Å². The summed E-state index contributed by atoms with van der Waals surface area (Å²) in [7, 11) is 0.